The number of carbonyl (C=O) groups is 1. The highest BCUT2D eigenvalue weighted by molar-refractivity contribution is 5.66. The Morgan fingerprint density at radius 3 is 2.41 bits per heavy atom. The minimum absolute atomic E-state index is 0.210. The van der Waals surface area contributed by atoms with Crippen molar-refractivity contribution in [3.8, 4) is 0 Å². The van der Waals surface area contributed by atoms with Crippen LogP contribution in [-0.4, -0.2) is 45.8 Å². The maximum Gasteiger partial charge on any atom is 0.303 e. The molecule has 0 heterocycles. The van der Waals surface area contributed by atoms with Crippen LogP contribution >= 0.6 is 0 Å². The Morgan fingerprint density at radius 2 is 1.94 bits per heavy atom. The molecule has 17 heavy (non-hydrogen) atoms. The molecule has 4 nitrogen and oxygen atoms in total. The lowest BCUT2D eigenvalue weighted by atomic mass is 10.0. The number of aliphatic carboxylic acids is 1. The highest BCUT2D eigenvalue weighted by Gasteiger charge is 2.33. The van der Waals surface area contributed by atoms with E-state index in [9.17, 15) is 9.90 Å². The SMILES string of the molecule is CC(C)N(CCCC(=O)O)CC1(O)CCCC1. The highest BCUT2D eigenvalue weighted by atomic mass is 16.4. The Hall–Kier alpha value is -0.610. The van der Waals surface area contributed by atoms with E-state index >= 15 is 0 Å². The molecule has 0 aromatic rings. The van der Waals surface area contributed by atoms with Crippen molar-refractivity contribution in [1.29, 1.82) is 0 Å². The third kappa shape index (κ3) is 5.04. The number of nitrogens with zero attached hydrogens (tertiary/aromatic N) is 1. The van der Waals surface area contributed by atoms with Crippen LogP contribution in [0.15, 0.2) is 0 Å². The molecule has 0 aromatic heterocycles. The fourth-order valence-corrected chi connectivity index (χ4v) is 2.52. The van der Waals surface area contributed by atoms with Gasteiger partial charge in [0.2, 0.25) is 0 Å². The predicted octanol–water partition coefficient (Wildman–Crippen LogP) is 1.87. The second-order valence-electron chi connectivity index (χ2n) is 5.49. The Balaban J connectivity index is 2.40. The predicted molar refractivity (Wildman–Crippen MR) is 67.0 cm³/mol. The van der Waals surface area contributed by atoms with Gasteiger partial charge in [0.05, 0.1) is 5.60 Å². The van der Waals surface area contributed by atoms with Crippen molar-refractivity contribution in [3.63, 3.8) is 0 Å². The van der Waals surface area contributed by atoms with E-state index in [1.807, 2.05) is 0 Å². The number of aliphatic hydroxyl groups is 1. The van der Waals surface area contributed by atoms with E-state index < -0.39 is 11.6 Å². The first kappa shape index (κ1) is 14.5. The van der Waals surface area contributed by atoms with Crippen molar-refractivity contribution >= 4 is 5.97 Å². The molecule has 1 aliphatic rings. The van der Waals surface area contributed by atoms with Gasteiger partial charge in [0.1, 0.15) is 0 Å². The fraction of sp³-hybridized carbons (Fsp3) is 0.923. The van der Waals surface area contributed by atoms with Gasteiger partial charge in [-0.1, -0.05) is 12.8 Å². The number of carboxylic acids is 1. The number of hydrogen-bond acceptors (Lipinski definition) is 3. The summed E-state index contributed by atoms with van der Waals surface area (Å²) >= 11 is 0. The van der Waals surface area contributed by atoms with Gasteiger partial charge in [-0.3, -0.25) is 9.69 Å². The summed E-state index contributed by atoms with van der Waals surface area (Å²) in [5, 5.41) is 19.0. The Kier molecular flexibility index (Phi) is 5.40. The van der Waals surface area contributed by atoms with Crippen molar-refractivity contribution in [2.24, 2.45) is 0 Å². The molecule has 0 radical (unpaired) electrons. The van der Waals surface area contributed by atoms with Crippen LogP contribution in [-0.2, 0) is 4.79 Å². The van der Waals surface area contributed by atoms with E-state index in [2.05, 4.69) is 18.7 Å². The Bertz CT molecular complexity index is 247. The average Bonchev–Trinajstić information content (AvgIpc) is 2.63. The standard InChI is InChI=1S/C13H25NO3/c1-11(2)14(9-5-6-12(15)16)10-13(17)7-3-4-8-13/h11,17H,3-10H2,1-2H3,(H,15,16). The van der Waals surface area contributed by atoms with Crippen molar-refractivity contribution in [1.82, 2.24) is 4.90 Å². The molecule has 0 atom stereocenters. The first-order valence-corrected chi connectivity index (χ1v) is 6.61. The molecular formula is C13H25NO3. The first-order valence-electron chi connectivity index (χ1n) is 6.61. The largest absolute Gasteiger partial charge is 0.481 e. The minimum Gasteiger partial charge on any atom is -0.481 e. The zero-order valence-electron chi connectivity index (χ0n) is 11.0. The van der Waals surface area contributed by atoms with Crippen molar-refractivity contribution in [3.05, 3.63) is 0 Å². The molecule has 1 fully saturated rings. The molecule has 4 heteroatoms. The van der Waals surface area contributed by atoms with Crippen molar-refractivity contribution in [2.45, 2.75) is 64.0 Å². The molecule has 1 rings (SSSR count). The van der Waals surface area contributed by atoms with Gasteiger partial charge in [-0.15, -0.1) is 0 Å². The maximum absolute atomic E-state index is 10.5. The zero-order valence-corrected chi connectivity index (χ0v) is 11.0. The summed E-state index contributed by atoms with van der Waals surface area (Å²) < 4.78 is 0. The van der Waals surface area contributed by atoms with E-state index in [0.717, 1.165) is 32.2 Å². The van der Waals surface area contributed by atoms with Crippen LogP contribution in [0.4, 0.5) is 0 Å². The third-order valence-corrected chi connectivity index (χ3v) is 3.60. The molecule has 100 valence electrons. The van der Waals surface area contributed by atoms with Gasteiger partial charge in [0.25, 0.3) is 0 Å². The Morgan fingerprint density at radius 1 is 1.35 bits per heavy atom. The highest BCUT2D eigenvalue weighted by Crippen LogP contribution is 2.30. The van der Waals surface area contributed by atoms with Gasteiger partial charge in [-0.25, -0.2) is 0 Å². The second-order valence-corrected chi connectivity index (χ2v) is 5.49. The first-order chi connectivity index (χ1) is 7.93. The smallest absolute Gasteiger partial charge is 0.303 e. The van der Waals surface area contributed by atoms with Crippen molar-refractivity contribution in [2.75, 3.05) is 13.1 Å². The van der Waals surface area contributed by atoms with Gasteiger partial charge >= 0.3 is 5.97 Å². The van der Waals surface area contributed by atoms with Crippen LogP contribution in [0.2, 0.25) is 0 Å². The molecule has 0 aliphatic heterocycles. The van der Waals surface area contributed by atoms with Crippen LogP contribution in [0.25, 0.3) is 0 Å². The molecule has 0 saturated heterocycles. The third-order valence-electron chi connectivity index (χ3n) is 3.60. The molecular weight excluding hydrogens is 218 g/mol. The molecule has 1 saturated carbocycles. The van der Waals surface area contributed by atoms with Gasteiger partial charge in [0.15, 0.2) is 0 Å². The van der Waals surface area contributed by atoms with Gasteiger partial charge < -0.3 is 10.2 Å². The van der Waals surface area contributed by atoms with Crippen LogP contribution in [0.5, 0.6) is 0 Å². The van der Waals surface area contributed by atoms with E-state index in [4.69, 9.17) is 5.11 Å². The number of carboxylic acid groups (broad SMARTS) is 1. The second kappa shape index (κ2) is 6.36. The lowest BCUT2D eigenvalue weighted by Crippen LogP contribution is -2.44. The van der Waals surface area contributed by atoms with Gasteiger partial charge in [-0.05, 0) is 39.7 Å². The molecule has 0 aromatic carbocycles. The minimum atomic E-state index is -0.742. The molecule has 2 N–H and O–H groups in total. The average molecular weight is 243 g/mol. The van der Waals surface area contributed by atoms with Crippen LogP contribution < -0.4 is 0 Å². The summed E-state index contributed by atoms with van der Waals surface area (Å²) in [4.78, 5) is 12.7. The summed E-state index contributed by atoms with van der Waals surface area (Å²) in [6.45, 7) is 5.63. The summed E-state index contributed by atoms with van der Waals surface area (Å²) in [5.41, 5.74) is -0.534. The lowest BCUT2D eigenvalue weighted by molar-refractivity contribution is -0.137. The van der Waals surface area contributed by atoms with E-state index in [-0.39, 0.29) is 6.42 Å². The molecule has 0 bridgehead atoms. The van der Waals surface area contributed by atoms with Gasteiger partial charge in [-0.2, -0.15) is 0 Å². The maximum atomic E-state index is 10.5. The fourth-order valence-electron chi connectivity index (χ4n) is 2.52. The van der Waals surface area contributed by atoms with Crippen molar-refractivity contribution < 1.29 is 15.0 Å². The summed E-state index contributed by atoms with van der Waals surface area (Å²) in [5.74, 6) is -0.742. The molecule has 0 unspecified atom stereocenters. The molecule has 1 aliphatic carbocycles. The molecule has 0 amide bonds. The quantitative estimate of drug-likeness (QED) is 0.716. The normalized spacial score (nSPS) is 19.1. The van der Waals surface area contributed by atoms with E-state index in [0.29, 0.717) is 19.0 Å². The van der Waals surface area contributed by atoms with Crippen LogP contribution in [0, 0.1) is 0 Å². The number of hydrogen-bond donors (Lipinski definition) is 2. The number of rotatable bonds is 7. The Labute approximate surface area is 104 Å². The zero-order chi connectivity index (χ0) is 12.9. The summed E-state index contributed by atoms with van der Waals surface area (Å²) in [7, 11) is 0. The topological polar surface area (TPSA) is 60.8 Å². The monoisotopic (exact) mass is 243 g/mol. The van der Waals surface area contributed by atoms with Gasteiger partial charge in [0, 0.05) is 19.0 Å². The van der Waals surface area contributed by atoms with E-state index in [1.165, 1.54) is 0 Å². The molecule has 0 spiro atoms. The van der Waals surface area contributed by atoms with Crippen LogP contribution in [0.3, 0.4) is 0 Å². The summed E-state index contributed by atoms with van der Waals surface area (Å²) in [6, 6.07) is 0.355. The summed E-state index contributed by atoms with van der Waals surface area (Å²) in [6.07, 6.45) is 4.85. The van der Waals surface area contributed by atoms with Crippen LogP contribution in [0.1, 0.15) is 52.4 Å². The lowest BCUT2D eigenvalue weighted by Gasteiger charge is -2.34. The van der Waals surface area contributed by atoms with E-state index in [1.54, 1.807) is 0 Å².